The fraction of sp³-hybridized carbons (Fsp3) is 0.278. The number of rotatable bonds is 5. The van der Waals surface area contributed by atoms with Crippen LogP contribution >= 0.6 is 11.3 Å². The summed E-state index contributed by atoms with van der Waals surface area (Å²) in [5.74, 6) is 3.49. The number of nitrogens with zero attached hydrogens (tertiary/aromatic N) is 1. The van der Waals surface area contributed by atoms with Crippen molar-refractivity contribution < 1.29 is 4.42 Å². The summed E-state index contributed by atoms with van der Waals surface area (Å²) in [7, 11) is 0. The average Bonchev–Trinajstić information content (AvgIpc) is 3.14. The predicted molar refractivity (Wildman–Crippen MR) is 95.7 cm³/mol. The Labute approximate surface area is 139 Å². The number of thiophene rings is 1. The molecule has 3 aromatic rings. The number of aromatic nitrogens is 1. The van der Waals surface area contributed by atoms with E-state index in [2.05, 4.69) is 27.7 Å². The molecule has 3 rings (SSSR count). The van der Waals surface area contributed by atoms with E-state index in [1.165, 1.54) is 4.88 Å². The van der Waals surface area contributed by atoms with Crippen molar-refractivity contribution in [2.45, 2.75) is 32.9 Å². The zero-order valence-corrected chi connectivity index (χ0v) is 14.0. The molecule has 0 aliphatic rings. The summed E-state index contributed by atoms with van der Waals surface area (Å²) in [6, 6.07) is 6.01. The number of nitrogens with two attached hydrogens (primary N) is 1. The van der Waals surface area contributed by atoms with Gasteiger partial charge in [0.25, 0.3) is 0 Å². The Bertz CT molecular complexity index is 857. The van der Waals surface area contributed by atoms with Gasteiger partial charge >= 0.3 is 0 Å². The van der Waals surface area contributed by atoms with Crippen LogP contribution in [0.3, 0.4) is 0 Å². The van der Waals surface area contributed by atoms with Gasteiger partial charge in [0.1, 0.15) is 17.0 Å². The Morgan fingerprint density at radius 2 is 2.35 bits per heavy atom. The zero-order chi connectivity index (χ0) is 16.4. The maximum absolute atomic E-state index is 6.04. The lowest BCUT2D eigenvalue weighted by molar-refractivity contribution is 0.522. The molecule has 0 spiro atoms. The first kappa shape index (κ1) is 15.6. The van der Waals surface area contributed by atoms with Gasteiger partial charge in [-0.3, -0.25) is 0 Å². The monoisotopic (exact) mass is 325 g/mol. The van der Waals surface area contributed by atoms with Crippen molar-refractivity contribution in [3.8, 4) is 12.3 Å². The summed E-state index contributed by atoms with van der Waals surface area (Å²) >= 11 is 1.71. The standard InChI is InChI=1S/C18H19N3OS/c1-4-13-9-15(20-10-14-6-5-7-23-14)18-17(21-13)12(3)16(22-18)8-11(2)19/h1,5-7,9,11H,8,10,19H2,2-3H3,(H,20,21)/t11-/m0/s1. The molecule has 0 saturated heterocycles. The van der Waals surface area contributed by atoms with E-state index in [0.717, 1.165) is 34.7 Å². The minimum atomic E-state index is 0.0314. The van der Waals surface area contributed by atoms with Gasteiger partial charge in [-0.2, -0.15) is 0 Å². The van der Waals surface area contributed by atoms with Crippen LogP contribution in [0.15, 0.2) is 28.0 Å². The van der Waals surface area contributed by atoms with Crippen molar-refractivity contribution in [2.24, 2.45) is 5.73 Å². The Morgan fingerprint density at radius 3 is 3.00 bits per heavy atom. The van der Waals surface area contributed by atoms with Crippen LogP contribution in [-0.2, 0) is 13.0 Å². The largest absolute Gasteiger partial charge is 0.457 e. The molecule has 118 valence electrons. The first-order valence-corrected chi connectivity index (χ1v) is 8.38. The van der Waals surface area contributed by atoms with Crippen molar-refractivity contribution in [3.05, 3.63) is 45.5 Å². The topological polar surface area (TPSA) is 64.1 Å². The lowest BCUT2D eigenvalue weighted by Crippen LogP contribution is -2.17. The molecule has 0 saturated carbocycles. The van der Waals surface area contributed by atoms with Gasteiger partial charge in [0, 0.05) is 29.4 Å². The number of anilines is 1. The molecule has 0 amide bonds. The highest BCUT2D eigenvalue weighted by atomic mass is 32.1. The molecule has 3 aromatic heterocycles. The number of furan rings is 1. The van der Waals surface area contributed by atoms with E-state index in [1.807, 2.05) is 26.0 Å². The van der Waals surface area contributed by atoms with Crippen LogP contribution in [0, 0.1) is 19.3 Å². The second-order valence-corrected chi connectivity index (χ2v) is 6.67. The Hall–Kier alpha value is -2.29. The number of nitrogens with one attached hydrogen (secondary N) is 1. The van der Waals surface area contributed by atoms with Crippen molar-refractivity contribution in [1.29, 1.82) is 0 Å². The zero-order valence-electron chi connectivity index (χ0n) is 13.2. The van der Waals surface area contributed by atoms with E-state index in [4.69, 9.17) is 16.6 Å². The fourth-order valence-electron chi connectivity index (χ4n) is 2.51. The van der Waals surface area contributed by atoms with Gasteiger partial charge in [0.2, 0.25) is 0 Å². The summed E-state index contributed by atoms with van der Waals surface area (Å²) in [6.45, 7) is 4.69. The van der Waals surface area contributed by atoms with Crippen molar-refractivity contribution in [3.63, 3.8) is 0 Å². The normalized spacial score (nSPS) is 12.3. The van der Waals surface area contributed by atoms with E-state index in [-0.39, 0.29) is 6.04 Å². The second-order valence-electron chi connectivity index (χ2n) is 5.64. The van der Waals surface area contributed by atoms with Gasteiger partial charge < -0.3 is 15.5 Å². The van der Waals surface area contributed by atoms with Crippen LogP contribution in [-0.4, -0.2) is 11.0 Å². The molecule has 0 aromatic carbocycles. The SMILES string of the molecule is C#Cc1cc(NCc2cccs2)c2oc(C[C@H](C)N)c(C)c2n1. The molecule has 0 radical (unpaired) electrons. The van der Waals surface area contributed by atoms with Gasteiger partial charge in [-0.15, -0.1) is 17.8 Å². The third-order valence-corrected chi connectivity index (χ3v) is 4.54. The van der Waals surface area contributed by atoms with Gasteiger partial charge in [-0.25, -0.2) is 4.98 Å². The Kier molecular flexibility index (Phi) is 4.37. The highest BCUT2D eigenvalue weighted by Crippen LogP contribution is 2.31. The van der Waals surface area contributed by atoms with Gasteiger partial charge in [-0.1, -0.05) is 12.0 Å². The minimum absolute atomic E-state index is 0.0314. The lowest BCUT2D eigenvalue weighted by atomic mass is 10.1. The number of hydrogen-bond donors (Lipinski definition) is 2. The molecular weight excluding hydrogens is 306 g/mol. The summed E-state index contributed by atoms with van der Waals surface area (Å²) in [5, 5.41) is 5.47. The molecule has 0 unspecified atom stereocenters. The third kappa shape index (κ3) is 3.24. The number of aryl methyl sites for hydroxylation is 1. The van der Waals surface area contributed by atoms with Crippen LogP contribution in [0.5, 0.6) is 0 Å². The number of fused-ring (bicyclic) bond motifs is 1. The molecule has 0 aliphatic heterocycles. The maximum atomic E-state index is 6.04. The van der Waals surface area contributed by atoms with E-state index in [0.29, 0.717) is 12.1 Å². The molecule has 0 fully saturated rings. The van der Waals surface area contributed by atoms with Crippen LogP contribution in [0.1, 0.15) is 28.8 Å². The number of pyridine rings is 1. The van der Waals surface area contributed by atoms with E-state index >= 15 is 0 Å². The smallest absolute Gasteiger partial charge is 0.176 e. The second kappa shape index (κ2) is 6.45. The first-order chi connectivity index (χ1) is 11.1. The summed E-state index contributed by atoms with van der Waals surface area (Å²) in [6.07, 6.45) is 6.23. The molecule has 5 heteroatoms. The molecule has 3 heterocycles. The van der Waals surface area contributed by atoms with Crippen LogP contribution < -0.4 is 11.1 Å². The molecule has 0 bridgehead atoms. The molecule has 1 atom stereocenters. The van der Waals surface area contributed by atoms with Gasteiger partial charge in [0.15, 0.2) is 5.58 Å². The van der Waals surface area contributed by atoms with Gasteiger partial charge in [0.05, 0.1) is 5.69 Å². The quantitative estimate of drug-likeness (QED) is 0.702. The minimum Gasteiger partial charge on any atom is -0.457 e. The molecule has 0 aliphatic carbocycles. The van der Waals surface area contributed by atoms with E-state index in [1.54, 1.807) is 11.3 Å². The highest BCUT2D eigenvalue weighted by Gasteiger charge is 2.17. The predicted octanol–water partition coefficient (Wildman–Crippen LogP) is 3.68. The average molecular weight is 325 g/mol. The number of hydrogen-bond acceptors (Lipinski definition) is 5. The fourth-order valence-corrected chi connectivity index (χ4v) is 3.16. The van der Waals surface area contributed by atoms with Crippen LogP contribution in [0.4, 0.5) is 5.69 Å². The van der Waals surface area contributed by atoms with E-state index < -0.39 is 0 Å². The summed E-state index contributed by atoms with van der Waals surface area (Å²) in [4.78, 5) is 5.77. The van der Waals surface area contributed by atoms with Crippen LogP contribution in [0.2, 0.25) is 0 Å². The molecule has 23 heavy (non-hydrogen) atoms. The van der Waals surface area contributed by atoms with Crippen LogP contribution in [0.25, 0.3) is 11.1 Å². The van der Waals surface area contributed by atoms with Crippen molar-refractivity contribution in [1.82, 2.24) is 4.98 Å². The summed E-state index contributed by atoms with van der Waals surface area (Å²) < 4.78 is 6.04. The highest BCUT2D eigenvalue weighted by molar-refractivity contribution is 7.09. The Balaban J connectivity index is 2.02. The van der Waals surface area contributed by atoms with Gasteiger partial charge in [-0.05, 0) is 31.4 Å². The summed E-state index contributed by atoms with van der Waals surface area (Å²) in [5.41, 5.74) is 9.94. The van der Waals surface area contributed by atoms with E-state index in [9.17, 15) is 0 Å². The maximum Gasteiger partial charge on any atom is 0.176 e. The lowest BCUT2D eigenvalue weighted by Gasteiger charge is -2.06. The van der Waals surface area contributed by atoms with Crippen molar-refractivity contribution >= 4 is 28.1 Å². The Morgan fingerprint density at radius 1 is 1.52 bits per heavy atom. The molecule has 4 nitrogen and oxygen atoms in total. The van der Waals surface area contributed by atoms with Crippen molar-refractivity contribution in [2.75, 3.05) is 5.32 Å². The number of terminal acetylenes is 1. The third-order valence-electron chi connectivity index (χ3n) is 3.66. The first-order valence-electron chi connectivity index (χ1n) is 7.50. The molecular formula is C18H19N3OS. The molecule has 3 N–H and O–H groups in total.